The predicted molar refractivity (Wildman–Crippen MR) is 82.4 cm³/mol. The molecule has 0 spiro atoms. The zero-order valence-electron chi connectivity index (χ0n) is 11.7. The highest BCUT2D eigenvalue weighted by Gasteiger charge is 2.09. The van der Waals surface area contributed by atoms with Gasteiger partial charge in [-0.15, -0.1) is 0 Å². The highest BCUT2D eigenvalue weighted by atomic mass is 16.5. The molecule has 3 aromatic rings. The van der Waals surface area contributed by atoms with Gasteiger partial charge in [0, 0.05) is 29.7 Å². The standard InChI is InChI=1S/C16H16N4O/c1-2-21-15-5-3-4-14(19-15)20-11-10-18-16(20)12-6-8-13(17)9-7-12/h3-11H,2,17H2,1H3. The largest absolute Gasteiger partial charge is 0.478 e. The van der Waals surface area contributed by atoms with Gasteiger partial charge >= 0.3 is 0 Å². The van der Waals surface area contributed by atoms with Crippen molar-refractivity contribution in [3.8, 4) is 23.1 Å². The third-order valence-corrected chi connectivity index (χ3v) is 3.06. The maximum Gasteiger partial charge on any atom is 0.215 e. The molecule has 21 heavy (non-hydrogen) atoms. The summed E-state index contributed by atoms with van der Waals surface area (Å²) >= 11 is 0. The van der Waals surface area contributed by atoms with Crippen LogP contribution in [-0.4, -0.2) is 21.1 Å². The molecule has 1 aromatic carbocycles. The molecule has 0 fully saturated rings. The smallest absolute Gasteiger partial charge is 0.215 e. The first-order chi connectivity index (χ1) is 10.3. The third kappa shape index (κ3) is 2.72. The molecule has 0 atom stereocenters. The summed E-state index contributed by atoms with van der Waals surface area (Å²) in [6.07, 6.45) is 3.63. The fourth-order valence-electron chi connectivity index (χ4n) is 2.10. The third-order valence-electron chi connectivity index (χ3n) is 3.06. The Morgan fingerprint density at radius 2 is 1.95 bits per heavy atom. The average molecular weight is 280 g/mol. The normalized spacial score (nSPS) is 10.5. The fraction of sp³-hybridized carbons (Fsp3) is 0.125. The number of benzene rings is 1. The van der Waals surface area contributed by atoms with E-state index in [9.17, 15) is 0 Å². The lowest BCUT2D eigenvalue weighted by Crippen LogP contribution is -2.01. The van der Waals surface area contributed by atoms with Gasteiger partial charge in [-0.1, -0.05) is 6.07 Å². The van der Waals surface area contributed by atoms with Gasteiger partial charge in [-0.25, -0.2) is 4.98 Å². The second-order valence-electron chi connectivity index (χ2n) is 4.51. The van der Waals surface area contributed by atoms with Crippen molar-refractivity contribution >= 4 is 5.69 Å². The number of nitrogen functional groups attached to an aromatic ring is 1. The lowest BCUT2D eigenvalue weighted by Gasteiger charge is -2.09. The van der Waals surface area contributed by atoms with Crippen molar-refractivity contribution in [2.24, 2.45) is 0 Å². The van der Waals surface area contributed by atoms with Gasteiger partial charge in [0.1, 0.15) is 11.6 Å². The van der Waals surface area contributed by atoms with Gasteiger partial charge in [0.05, 0.1) is 6.61 Å². The van der Waals surface area contributed by atoms with Gasteiger partial charge in [-0.05, 0) is 37.3 Å². The minimum Gasteiger partial charge on any atom is -0.478 e. The van der Waals surface area contributed by atoms with Gasteiger partial charge in [0.2, 0.25) is 5.88 Å². The molecule has 5 nitrogen and oxygen atoms in total. The monoisotopic (exact) mass is 280 g/mol. The van der Waals surface area contributed by atoms with Crippen LogP contribution in [0, 0.1) is 0 Å². The van der Waals surface area contributed by atoms with Gasteiger partial charge in [0.25, 0.3) is 0 Å². The lowest BCUT2D eigenvalue weighted by atomic mass is 10.2. The van der Waals surface area contributed by atoms with Crippen molar-refractivity contribution in [2.75, 3.05) is 12.3 Å². The number of hydrogen-bond acceptors (Lipinski definition) is 4. The van der Waals surface area contributed by atoms with Gasteiger partial charge < -0.3 is 10.5 Å². The molecule has 0 amide bonds. The van der Waals surface area contributed by atoms with E-state index in [0.29, 0.717) is 12.5 Å². The summed E-state index contributed by atoms with van der Waals surface area (Å²) in [5.41, 5.74) is 7.44. The van der Waals surface area contributed by atoms with E-state index >= 15 is 0 Å². The van der Waals surface area contributed by atoms with E-state index in [4.69, 9.17) is 10.5 Å². The molecule has 106 valence electrons. The van der Waals surface area contributed by atoms with E-state index in [1.54, 1.807) is 6.20 Å². The summed E-state index contributed by atoms with van der Waals surface area (Å²) in [7, 11) is 0. The molecule has 3 rings (SSSR count). The molecule has 0 aliphatic heterocycles. The maximum atomic E-state index is 5.73. The minimum absolute atomic E-state index is 0.588. The fourth-order valence-corrected chi connectivity index (χ4v) is 2.10. The molecule has 2 aromatic heterocycles. The zero-order chi connectivity index (χ0) is 14.7. The van der Waals surface area contributed by atoms with Crippen LogP contribution in [0.1, 0.15) is 6.92 Å². The van der Waals surface area contributed by atoms with Crippen LogP contribution in [0.5, 0.6) is 5.88 Å². The van der Waals surface area contributed by atoms with Crippen LogP contribution in [-0.2, 0) is 0 Å². The summed E-state index contributed by atoms with van der Waals surface area (Å²) in [4.78, 5) is 8.89. The number of anilines is 1. The first kappa shape index (κ1) is 13.2. The lowest BCUT2D eigenvalue weighted by molar-refractivity contribution is 0.326. The predicted octanol–water partition coefficient (Wildman–Crippen LogP) is 2.92. The summed E-state index contributed by atoms with van der Waals surface area (Å²) in [6, 6.07) is 13.3. The Kier molecular flexibility index (Phi) is 3.55. The van der Waals surface area contributed by atoms with E-state index in [0.717, 1.165) is 22.9 Å². The number of hydrogen-bond donors (Lipinski definition) is 1. The zero-order valence-corrected chi connectivity index (χ0v) is 11.7. The van der Waals surface area contributed by atoms with Crippen LogP contribution in [0.15, 0.2) is 54.9 Å². The second-order valence-corrected chi connectivity index (χ2v) is 4.51. The number of imidazole rings is 1. The number of aromatic nitrogens is 3. The summed E-state index contributed by atoms with van der Waals surface area (Å²) in [5.74, 6) is 2.19. The quantitative estimate of drug-likeness (QED) is 0.746. The Balaban J connectivity index is 2.02. The number of nitrogens with zero attached hydrogens (tertiary/aromatic N) is 3. The van der Waals surface area contributed by atoms with Crippen molar-refractivity contribution in [1.82, 2.24) is 14.5 Å². The number of ether oxygens (including phenoxy) is 1. The Labute approximate surface area is 123 Å². The van der Waals surface area contributed by atoms with Crippen LogP contribution in [0.2, 0.25) is 0 Å². The van der Waals surface area contributed by atoms with Crippen molar-refractivity contribution < 1.29 is 4.74 Å². The van der Waals surface area contributed by atoms with Gasteiger partial charge in [-0.3, -0.25) is 4.57 Å². The molecule has 0 saturated carbocycles. The molecule has 2 heterocycles. The van der Waals surface area contributed by atoms with Crippen LogP contribution in [0.4, 0.5) is 5.69 Å². The Hall–Kier alpha value is -2.82. The van der Waals surface area contributed by atoms with E-state index in [2.05, 4.69) is 9.97 Å². The number of nitrogens with two attached hydrogens (primary N) is 1. The molecule has 5 heteroatoms. The van der Waals surface area contributed by atoms with Crippen molar-refractivity contribution in [3.63, 3.8) is 0 Å². The molecule has 2 N–H and O–H groups in total. The topological polar surface area (TPSA) is 66.0 Å². The minimum atomic E-state index is 0.588. The van der Waals surface area contributed by atoms with Crippen molar-refractivity contribution in [2.45, 2.75) is 6.92 Å². The van der Waals surface area contributed by atoms with E-state index < -0.39 is 0 Å². The highest BCUT2D eigenvalue weighted by Crippen LogP contribution is 2.22. The summed E-state index contributed by atoms with van der Waals surface area (Å²) < 4.78 is 7.37. The van der Waals surface area contributed by atoms with E-state index in [-0.39, 0.29) is 0 Å². The molecule has 0 radical (unpaired) electrons. The van der Waals surface area contributed by atoms with Crippen LogP contribution in [0.25, 0.3) is 17.2 Å². The van der Waals surface area contributed by atoms with Gasteiger partial charge in [-0.2, -0.15) is 4.98 Å². The molecule has 0 saturated heterocycles. The first-order valence-corrected chi connectivity index (χ1v) is 6.77. The van der Waals surface area contributed by atoms with Crippen LogP contribution in [0.3, 0.4) is 0 Å². The highest BCUT2D eigenvalue weighted by molar-refractivity contribution is 5.61. The first-order valence-electron chi connectivity index (χ1n) is 6.77. The molecular formula is C16H16N4O. The second kappa shape index (κ2) is 5.66. The molecule has 0 aliphatic rings. The van der Waals surface area contributed by atoms with Crippen molar-refractivity contribution in [1.29, 1.82) is 0 Å². The molecule has 0 aliphatic carbocycles. The Bertz CT molecular complexity index is 734. The Morgan fingerprint density at radius 3 is 2.71 bits per heavy atom. The van der Waals surface area contributed by atoms with Crippen molar-refractivity contribution in [3.05, 3.63) is 54.9 Å². The molecule has 0 unspecified atom stereocenters. The average Bonchev–Trinajstić information content (AvgIpc) is 2.98. The Morgan fingerprint density at radius 1 is 1.14 bits per heavy atom. The summed E-state index contributed by atoms with van der Waals surface area (Å²) in [6.45, 7) is 2.52. The summed E-state index contributed by atoms with van der Waals surface area (Å²) in [5, 5.41) is 0. The maximum absolute atomic E-state index is 5.73. The van der Waals surface area contributed by atoms with Gasteiger partial charge in [0.15, 0.2) is 0 Å². The molecular weight excluding hydrogens is 264 g/mol. The number of pyridine rings is 1. The van der Waals surface area contributed by atoms with Crippen LogP contribution < -0.4 is 10.5 Å². The van der Waals surface area contributed by atoms with E-state index in [1.165, 1.54) is 0 Å². The van der Waals surface area contributed by atoms with E-state index in [1.807, 2.05) is 60.2 Å². The number of rotatable bonds is 4. The molecule has 0 bridgehead atoms. The SMILES string of the molecule is CCOc1cccc(-n2ccnc2-c2ccc(N)cc2)n1. The van der Waals surface area contributed by atoms with Crippen LogP contribution >= 0.6 is 0 Å².